The van der Waals surface area contributed by atoms with Crippen LogP contribution in [0.3, 0.4) is 0 Å². The van der Waals surface area contributed by atoms with Crippen molar-refractivity contribution in [1.82, 2.24) is 0 Å². The number of rotatable bonds is 10. The molecule has 0 bridgehead atoms. The van der Waals surface area contributed by atoms with Crippen molar-refractivity contribution in [3.8, 4) is 69.0 Å². The van der Waals surface area contributed by atoms with Gasteiger partial charge >= 0.3 is 29.8 Å². The molecule has 4 aromatic carbocycles. The van der Waals surface area contributed by atoms with Gasteiger partial charge in [-0.1, -0.05) is 0 Å². The van der Waals surface area contributed by atoms with E-state index in [1.807, 2.05) is 0 Å². The molecular weight excluding hydrogens is 800 g/mol. The van der Waals surface area contributed by atoms with E-state index in [4.69, 9.17) is 28.4 Å². The third-order valence-electron chi connectivity index (χ3n) is 8.20. The highest BCUT2D eigenvalue weighted by Gasteiger charge is 2.54. The van der Waals surface area contributed by atoms with E-state index in [2.05, 4.69) is 0 Å². The van der Waals surface area contributed by atoms with E-state index in [-0.39, 0.29) is 0 Å². The standard InChI is InChI=1S/C36H30O23/c1-11(37)55-36-31(59-35(53)15-8-22(44)28(49)23(45)9-15)30(58-34(52)14-6-20(42)27(48)21(43)7-14)29(57-33(51)13-4-18(40)26(47)19(41)5-13)24(56-36)10-54-32(50)12-2-16(38)25(46)17(39)3-12/h2-9,24,29-31,36,38-49H,10H2,1H3/t24?,29-,30-,31?,36+/m0/s1. The van der Waals surface area contributed by atoms with E-state index in [0.29, 0.717) is 48.5 Å². The second kappa shape index (κ2) is 16.5. The summed E-state index contributed by atoms with van der Waals surface area (Å²) in [7, 11) is 0. The van der Waals surface area contributed by atoms with E-state index in [0.717, 1.165) is 6.92 Å². The molecule has 0 amide bonds. The van der Waals surface area contributed by atoms with Crippen LogP contribution in [0.5, 0.6) is 69.0 Å². The number of carbonyl (C=O) groups excluding carboxylic acids is 5. The molecule has 1 heterocycles. The number of hydrogen-bond acceptors (Lipinski definition) is 23. The molecule has 312 valence electrons. The van der Waals surface area contributed by atoms with Gasteiger partial charge in [-0.2, -0.15) is 0 Å². The summed E-state index contributed by atoms with van der Waals surface area (Å²) in [6, 6.07) is 4.94. The molecule has 23 nitrogen and oxygen atoms in total. The monoisotopic (exact) mass is 830 g/mol. The van der Waals surface area contributed by atoms with Crippen LogP contribution in [0.4, 0.5) is 0 Å². The van der Waals surface area contributed by atoms with Crippen molar-refractivity contribution in [2.75, 3.05) is 6.61 Å². The first-order valence-corrected chi connectivity index (χ1v) is 16.3. The van der Waals surface area contributed by atoms with Gasteiger partial charge in [0.15, 0.2) is 81.2 Å². The Morgan fingerprint density at radius 2 is 0.729 bits per heavy atom. The van der Waals surface area contributed by atoms with Crippen LogP contribution in [0.2, 0.25) is 0 Å². The fourth-order valence-corrected chi connectivity index (χ4v) is 5.38. The van der Waals surface area contributed by atoms with Gasteiger partial charge in [-0.25, -0.2) is 19.2 Å². The van der Waals surface area contributed by atoms with Gasteiger partial charge in [-0.15, -0.1) is 0 Å². The predicted octanol–water partition coefficient (Wildman–Crippen LogP) is 1.28. The first kappa shape index (κ1) is 41.9. The van der Waals surface area contributed by atoms with Crippen molar-refractivity contribution < 1.29 is 114 Å². The quantitative estimate of drug-likeness (QED) is 0.0608. The second-order valence-corrected chi connectivity index (χ2v) is 12.3. The SMILES string of the molecule is CC(=O)O[C@@H]1OC(COC(=O)c2cc(O)c(O)c(O)c2)[C@H](OC(=O)c2cc(O)c(O)c(O)c2)[C@H](OC(=O)c2cc(O)c(O)c(O)c2)C1OC(=O)c1cc(O)c(O)c(O)c1. The Balaban J connectivity index is 1.64. The molecule has 0 aliphatic carbocycles. The number of phenols is 12. The third-order valence-corrected chi connectivity index (χ3v) is 8.20. The molecule has 0 saturated carbocycles. The van der Waals surface area contributed by atoms with Crippen LogP contribution in [-0.2, 0) is 33.2 Å². The maximum absolute atomic E-state index is 13.7. The fraction of sp³-hybridized carbons (Fsp3) is 0.194. The Morgan fingerprint density at radius 3 is 1.05 bits per heavy atom. The summed E-state index contributed by atoms with van der Waals surface area (Å²) in [5.41, 5.74) is -2.75. The molecule has 0 radical (unpaired) electrons. The van der Waals surface area contributed by atoms with Gasteiger partial charge in [0.05, 0.1) is 22.3 Å². The Labute approximate surface area is 327 Å². The molecule has 5 rings (SSSR count). The highest BCUT2D eigenvalue weighted by atomic mass is 16.7. The summed E-state index contributed by atoms with van der Waals surface area (Å²) < 4.78 is 32.7. The number of ether oxygens (including phenoxy) is 6. The Bertz CT molecular complexity index is 2260. The van der Waals surface area contributed by atoms with Gasteiger partial charge in [-0.3, -0.25) is 4.79 Å². The molecule has 1 fully saturated rings. The maximum Gasteiger partial charge on any atom is 0.339 e. The molecule has 1 saturated heterocycles. The molecular formula is C36H30O23. The first-order chi connectivity index (χ1) is 27.7. The van der Waals surface area contributed by atoms with Crippen LogP contribution in [0.15, 0.2) is 48.5 Å². The highest BCUT2D eigenvalue weighted by Crippen LogP contribution is 2.40. The van der Waals surface area contributed by atoms with E-state index in [1.54, 1.807) is 0 Å². The van der Waals surface area contributed by atoms with Gasteiger partial charge in [0.2, 0.25) is 12.4 Å². The van der Waals surface area contributed by atoms with Gasteiger partial charge in [-0.05, 0) is 48.5 Å². The van der Waals surface area contributed by atoms with E-state index in [9.17, 15) is 85.3 Å². The summed E-state index contributed by atoms with van der Waals surface area (Å²) in [5.74, 6) is -19.6. The zero-order valence-electron chi connectivity index (χ0n) is 29.6. The van der Waals surface area contributed by atoms with Crippen LogP contribution in [-0.4, -0.2) is 128 Å². The smallest absolute Gasteiger partial charge is 0.339 e. The summed E-state index contributed by atoms with van der Waals surface area (Å²) in [4.78, 5) is 66.2. The minimum absolute atomic E-state index is 0.587. The molecule has 1 aliphatic heterocycles. The Morgan fingerprint density at radius 1 is 0.441 bits per heavy atom. The molecule has 0 aromatic heterocycles. The first-order valence-electron chi connectivity index (χ1n) is 16.3. The number of hydrogen-bond donors (Lipinski definition) is 12. The zero-order chi connectivity index (χ0) is 43.6. The molecule has 0 spiro atoms. The van der Waals surface area contributed by atoms with Crippen LogP contribution in [0, 0.1) is 0 Å². The van der Waals surface area contributed by atoms with Crippen LogP contribution >= 0.6 is 0 Å². The molecule has 23 heteroatoms. The number of carbonyl (C=O) groups is 5. The largest absolute Gasteiger partial charge is 0.504 e. The topological polar surface area (TPSA) is 383 Å². The van der Waals surface area contributed by atoms with E-state index >= 15 is 0 Å². The maximum atomic E-state index is 13.7. The Hall–Kier alpha value is -8.21. The average molecular weight is 831 g/mol. The molecule has 5 atom stereocenters. The minimum atomic E-state index is -2.34. The van der Waals surface area contributed by atoms with Gasteiger partial charge in [0.1, 0.15) is 12.7 Å². The molecule has 12 N–H and O–H groups in total. The minimum Gasteiger partial charge on any atom is -0.504 e. The number of phenolic OH excluding ortho intramolecular Hbond substituents is 12. The van der Waals surface area contributed by atoms with E-state index < -0.39 is 158 Å². The lowest BCUT2D eigenvalue weighted by molar-refractivity contribution is -0.289. The number of aromatic hydroxyl groups is 12. The van der Waals surface area contributed by atoms with Crippen molar-refractivity contribution in [3.05, 3.63) is 70.8 Å². The predicted molar refractivity (Wildman–Crippen MR) is 184 cm³/mol. The van der Waals surface area contributed by atoms with Crippen molar-refractivity contribution in [2.24, 2.45) is 0 Å². The van der Waals surface area contributed by atoms with E-state index in [1.165, 1.54) is 0 Å². The van der Waals surface area contributed by atoms with Crippen LogP contribution < -0.4 is 0 Å². The van der Waals surface area contributed by atoms with Gasteiger partial charge in [0, 0.05) is 6.92 Å². The van der Waals surface area contributed by atoms with Crippen molar-refractivity contribution in [2.45, 2.75) is 37.6 Å². The molecule has 4 aromatic rings. The summed E-state index contributed by atoms with van der Waals surface area (Å²) >= 11 is 0. The lowest BCUT2D eigenvalue weighted by Gasteiger charge is -2.43. The molecule has 2 unspecified atom stereocenters. The average Bonchev–Trinajstić information content (AvgIpc) is 3.17. The third kappa shape index (κ3) is 8.94. The van der Waals surface area contributed by atoms with Crippen molar-refractivity contribution >= 4 is 29.8 Å². The van der Waals surface area contributed by atoms with Gasteiger partial charge in [0.25, 0.3) is 0 Å². The summed E-state index contributed by atoms with van der Waals surface area (Å²) in [5, 5.41) is 119. The second-order valence-electron chi connectivity index (χ2n) is 12.3. The zero-order valence-corrected chi connectivity index (χ0v) is 29.6. The Kier molecular flexibility index (Phi) is 11.7. The summed E-state index contributed by atoms with van der Waals surface area (Å²) in [6.45, 7) is -0.284. The van der Waals surface area contributed by atoms with Crippen molar-refractivity contribution in [3.63, 3.8) is 0 Å². The highest BCUT2D eigenvalue weighted by molar-refractivity contribution is 5.93. The van der Waals surface area contributed by atoms with Gasteiger partial charge < -0.3 is 89.7 Å². The molecule has 1 aliphatic rings. The van der Waals surface area contributed by atoms with Crippen molar-refractivity contribution in [1.29, 1.82) is 0 Å². The lowest BCUT2D eigenvalue weighted by atomic mass is 9.97. The number of benzene rings is 4. The molecule has 59 heavy (non-hydrogen) atoms. The lowest BCUT2D eigenvalue weighted by Crippen LogP contribution is -2.63. The summed E-state index contributed by atoms with van der Waals surface area (Å²) in [6.07, 6.45) is -11.1. The number of esters is 5. The normalized spacial score (nSPS) is 18.6. The van der Waals surface area contributed by atoms with Crippen LogP contribution in [0.25, 0.3) is 0 Å². The fourth-order valence-electron chi connectivity index (χ4n) is 5.38. The van der Waals surface area contributed by atoms with Crippen LogP contribution in [0.1, 0.15) is 48.4 Å².